The third-order valence-corrected chi connectivity index (χ3v) is 6.12. The van der Waals surface area contributed by atoms with Crippen LogP contribution in [0.15, 0.2) is 71.4 Å². The van der Waals surface area contributed by atoms with Crippen molar-refractivity contribution >= 4 is 33.9 Å². The molecule has 1 aromatic heterocycles. The Kier molecular flexibility index (Phi) is 7.77. The number of allylic oxidation sites excluding steroid dienone is 1. The molecular weight excluding hydrogens is 466 g/mol. The van der Waals surface area contributed by atoms with Crippen LogP contribution in [0.5, 0.6) is 11.5 Å². The third-order valence-electron chi connectivity index (χ3n) is 6.12. The van der Waals surface area contributed by atoms with Gasteiger partial charge in [-0.05, 0) is 76.1 Å². The van der Waals surface area contributed by atoms with Gasteiger partial charge >= 0.3 is 0 Å². The predicted octanol–water partition coefficient (Wildman–Crippen LogP) is 7.45. The molecule has 0 saturated carbocycles. The lowest BCUT2D eigenvalue weighted by atomic mass is 9.96. The summed E-state index contributed by atoms with van der Waals surface area (Å²) in [5.41, 5.74) is 6.22. The molecule has 37 heavy (non-hydrogen) atoms. The first-order valence-electron chi connectivity index (χ1n) is 12.3. The zero-order valence-corrected chi connectivity index (χ0v) is 21.8. The van der Waals surface area contributed by atoms with Gasteiger partial charge in [0.1, 0.15) is 17.1 Å². The molecule has 4 aromatic rings. The quantitative estimate of drug-likeness (QED) is 0.192. The average molecular weight is 498 g/mol. The first-order valence-corrected chi connectivity index (χ1v) is 12.3. The molecule has 0 spiro atoms. The van der Waals surface area contributed by atoms with E-state index in [0.29, 0.717) is 30.2 Å². The van der Waals surface area contributed by atoms with Crippen LogP contribution < -0.4 is 14.8 Å². The Balaban J connectivity index is 1.73. The van der Waals surface area contributed by atoms with Gasteiger partial charge in [0.15, 0.2) is 5.78 Å². The van der Waals surface area contributed by atoms with Gasteiger partial charge in [-0.1, -0.05) is 24.3 Å². The van der Waals surface area contributed by atoms with E-state index >= 15 is 0 Å². The summed E-state index contributed by atoms with van der Waals surface area (Å²) in [4.78, 5) is 24.6. The van der Waals surface area contributed by atoms with Crippen molar-refractivity contribution in [1.29, 1.82) is 0 Å². The van der Waals surface area contributed by atoms with Crippen LogP contribution in [-0.2, 0) is 4.79 Å². The van der Waals surface area contributed by atoms with E-state index in [9.17, 15) is 9.59 Å². The average Bonchev–Trinajstić information content (AvgIpc) is 3.30. The van der Waals surface area contributed by atoms with E-state index in [2.05, 4.69) is 5.32 Å². The van der Waals surface area contributed by atoms with Crippen molar-refractivity contribution in [3.8, 4) is 22.6 Å². The van der Waals surface area contributed by atoms with Crippen molar-refractivity contribution in [2.45, 2.75) is 34.6 Å². The van der Waals surface area contributed by atoms with E-state index in [1.54, 1.807) is 36.6 Å². The number of rotatable bonds is 9. The lowest BCUT2D eigenvalue weighted by Gasteiger charge is -2.15. The minimum Gasteiger partial charge on any atom is -0.494 e. The van der Waals surface area contributed by atoms with E-state index in [1.165, 1.54) is 6.92 Å². The van der Waals surface area contributed by atoms with Gasteiger partial charge in [-0.15, -0.1) is 0 Å². The minimum absolute atomic E-state index is 0.0589. The molecule has 0 bridgehead atoms. The van der Waals surface area contributed by atoms with E-state index in [0.717, 1.165) is 44.5 Å². The summed E-state index contributed by atoms with van der Waals surface area (Å²) in [5, 5.41) is 3.78. The largest absolute Gasteiger partial charge is 0.494 e. The fourth-order valence-corrected chi connectivity index (χ4v) is 4.33. The second-order valence-electron chi connectivity index (χ2n) is 8.75. The Hall–Kier alpha value is -4.32. The second kappa shape index (κ2) is 11.2. The summed E-state index contributed by atoms with van der Waals surface area (Å²) in [7, 11) is 0. The van der Waals surface area contributed by atoms with Crippen LogP contribution in [0.1, 0.15) is 49.2 Å². The molecule has 0 saturated heterocycles. The molecule has 1 N–H and O–H groups in total. The highest BCUT2D eigenvalue weighted by Crippen LogP contribution is 2.41. The Bertz CT molecular complexity index is 1480. The van der Waals surface area contributed by atoms with Gasteiger partial charge < -0.3 is 19.2 Å². The predicted molar refractivity (Wildman–Crippen MR) is 147 cm³/mol. The first kappa shape index (κ1) is 25.8. The highest BCUT2D eigenvalue weighted by atomic mass is 16.5. The molecule has 6 heteroatoms. The fraction of sp³-hybridized carbons (Fsp3) is 0.226. The lowest BCUT2D eigenvalue weighted by molar-refractivity contribution is -0.111. The van der Waals surface area contributed by atoms with E-state index in [1.807, 2.05) is 58.0 Å². The van der Waals surface area contributed by atoms with Gasteiger partial charge in [0.05, 0.1) is 19.5 Å². The molecule has 3 aromatic carbocycles. The number of fused-ring (bicyclic) bond motifs is 1. The lowest BCUT2D eigenvalue weighted by Crippen LogP contribution is -2.09. The van der Waals surface area contributed by atoms with E-state index < -0.39 is 0 Å². The van der Waals surface area contributed by atoms with Crippen LogP contribution in [0, 0.1) is 6.92 Å². The number of hydrogen-bond acceptors (Lipinski definition) is 5. The molecule has 0 fully saturated rings. The fourth-order valence-electron chi connectivity index (χ4n) is 4.33. The number of carbonyl (C=O) groups is 2. The summed E-state index contributed by atoms with van der Waals surface area (Å²) in [5.74, 6) is 1.14. The Morgan fingerprint density at radius 1 is 0.973 bits per heavy atom. The molecule has 0 atom stereocenters. The standard InChI is InChI=1S/C31H31NO5/c1-6-35-25-13-11-22(12-14-25)28-18-37-31-20(4)30(36-7-2)26(17-27(28)31)19(3)15-29(34)32-24-10-8-9-23(16-24)21(5)33/h8-18H,6-7H2,1-5H3,(H,32,34)/b19-15+. The summed E-state index contributed by atoms with van der Waals surface area (Å²) < 4.78 is 17.6. The van der Waals surface area contributed by atoms with Crippen LogP contribution in [-0.4, -0.2) is 24.9 Å². The number of hydrogen-bond donors (Lipinski definition) is 1. The number of Topliss-reactive ketones (excluding diaryl/α,β-unsaturated/α-hetero) is 1. The zero-order valence-electron chi connectivity index (χ0n) is 21.8. The maximum atomic E-state index is 12.9. The van der Waals surface area contributed by atoms with Crippen LogP contribution in [0.3, 0.4) is 0 Å². The molecular formula is C31H31NO5. The normalized spacial score (nSPS) is 11.4. The summed E-state index contributed by atoms with van der Waals surface area (Å²) in [6, 6.07) is 16.8. The van der Waals surface area contributed by atoms with Gasteiger partial charge in [-0.25, -0.2) is 0 Å². The van der Waals surface area contributed by atoms with Crippen molar-refractivity contribution in [2.24, 2.45) is 0 Å². The number of anilines is 1. The summed E-state index contributed by atoms with van der Waals surface area (Å²) in [6.45, 7) is 10.3. The molecule has 0 radical (unpaired) electrons. The topological polar surface area (TPSA) is 77.8 Å². The number of carbonyl (C=O) groups excluding carboxylic acids is 2. The number of ether oxygens (including phenoxy) is 2. The first-order chi connectivity index (χ1) is 17.8. The van der Waals surface area contributed by atoms with E-state index in [4.69, 9.17) is 13.9 Å². The maximum Gasteiger partial charge on any atom is 0.248 e. The molecule has 190 valence electrons. The number of amides is 1. The monoisotopic (exact) mass is 497 g/mol. The molecule has 1 heterocycles. The third kappa shape index (κ3) is 5.59. The Morgan fingerprint density at radius 2 is 1.70 bits per heavy atom. The second-order valence-corrected chi connectivity index (χ2v) is 8.75. The molecule has 0 aliphatic rings. The zero-order chi connectivity index (χ0) is 26.5. The number of benzene rings is 3. The number of furan rings is 1. The summed E-state index contributed by atoms with van der Waals surface area (Å²) in [6.07, 6.45) is 3.29. The van der Waals surface area contributed by atoms with Crippen LogP contribution in [0.2, 0.25) is 0 Å². The van der Waals surface area contributed by atoms with Gasteiger partial charge in [0.2, 0.25) is 5.91 Å². The minimum atomic E-state index is -0.294. The number of ketones is 1. The van der Waals surface area contributed by atoms with Crippen molar-refractivity contribution in [3.63, 3.8) is 0 Å². The smallest absolute Gasteiger partial charge is 0.248 e. The van der Waals surface area contributed by atoms with Gasteiger partial charge in [0.25, 0.3) is 0 Å². The van der Waals surface area contributed by atoms with Gasteiger partial charge in [0, 0.05) is 39.4 Å². The van der Waals surface area contributed by atoms with Crippen LogP contribution in [0.25, 0.3) is 27.7 Å². The highest BCUT2D eigenvalue weighted by Gasteiger charge is 2.19. The molecule has 0 aliphatic carbocycles. The van der Waals surface area contributed by atoms with Crippen LogP contribution in [0.4, 0.5) is 5.69 Å². The van der Waals surface area contributed by atoms with Crippen molar-refractivity contribution in [1.82, 2.24) is 0 Å². The highest BCUT2D eigenvalue weighted by molar-refractivity contribution is 6.06. The van der Waals surface area contributed by atoms with E-state index in [-0.39, 0.29) is 11.7 Å². The SMILES string of the molecule is CCOc1ccc(-c2coc3c(C)c(OCC)c(/C(C)=C/C(=O)Nc4cccc(C(C)=O)c4)cc23)cc1. The van der Waals surface area contributed by atoms with Crippen molar-refractivity contribution in [2.75, 3.05) is 18.5 Å². The molecule has 6 nitrogen and oxygen atoms in total. The van der Waals surface area contributed by atoms with Gasteiger partial charge in [-0.2, -0.15) is 0 Å². The number of nitrogens with one attached hydrogen (secondary N) is 1. The number of aryl methyl sites for hydroxylation is 1. The molecule has 0 unspecified atom stereocenters. The molecule has 0 aliphatic heterocycles. The van der Waals surface area contributed by atoms with Crippen molar-refractivity contribution in [3.05, 3.63) is 83.6 Å². The van der Waals surface area contributed by atoms with Gasteiger partial charge in [-0.3, -0.25) is 9.59 Å². The van der Waals surface area contributed by atoms with Crippen LogP contribution >= 0.6 is 0 Å². The Morgan fingerprint density at radius 3 is 2.38 bits per heavy atom. The van der Waals surface area contributed by atoms with Crippen molar-refractivity contribution < 1.29 is 23.5 Å². The summed E-state index contributed by atoms with van der Waals surface area (Å²) >= 11 is 0. The maximum absolute atomic E-state index is 12.9. The molecule has 1 amide bonds. The Labute approximate surface area is 216 Å². The molecule has 4 rings (SSSR count).